The van der Waals surface area contributed by atoms with Crippen LogP contribution in [0.5, 0.6) is 0 Å². The summed E-state index contributed by atoms with van der Waals surface area (Å²) in [6.07, 6.45) is 9.67. The molecule has 0 aromatic carbocycles. The molecule has 1 fully saturated rings. The van der Waals surface area contributed by atoms with Crippen molar-refractivity contribution in [3.05, 3.63) is 18.1 Å². The van der Waals surface area contributed by atoms with Crippen LogP contribution in [0.25, 0.3) is 0 Å². The fourth-order valence-corrected chi connectivity index (χ4v) is 2.40. The topological polar surface area (TPSA) is 12.5 Å². The van der Waals surface area contributed by atoms with Gasteiger partial charge in [-0.2, -0.15) is 0 Å². The Morgan fingerprint density at radius 1 is 1.38 bits per heavy atom. The minimum absolute atomic E-state index is 0.506. The number of hydrogen-bond donors (Lipinski definition) is 0. The van der Waals surface area contributed by atoms with E-state index in [9.17, 15) is 0 Å². The third-order valence-corrected chi connectivity index (χ3v) is 3.63. The molecule has 0 saturated heterocycles. The van der Waals surface area contributed by atoms with Crippen molar-refractivity contribution in [2.24, 2.45) is 5.41 Å². The van der Waals surface area contributed by atoms with Gasteiger partial charge >= 0.3 is 0 Å². The monoisotopic (exact) mass is 222 g/mol. The minimum atomic E-state index is 0.506. The smallest absolute Gasteiger partial charge is 0.0530 e. The van der Waals surface area contributed by atoms with E-state index in [-0.39, 0.29) is 0 Å². The summed E-state index contributed by atoms with van der Waals surface area (Å²) in [6, 6.07) is 0. The van der Waals surface area contributed by atoms with Crippen LogP contribution in [0, 0.1) is 11.8 Å². The van der Waals surface area contributed by atoms with Crippen molar-refractivity contribution >= 4 is 0 Å². The van der Waals surface area contributed by atoms with Crippen LogP contribution in [0.2, 0.25) is 0 Å². The summed E-state index contributed by atoms with van der Waals surface area (Å²) in [7, 11) is 1.83. The Morgan fingerprint density at radius 3 is 2.62 bits per heavy atom. The van der Waals surface area contributed by atoms with E-state index in [2.05, 4.69) is 24.3 Å². The van der Waals surface area contributed by atoms with Crippen LogP contribution in [0.1, 0.15) is 32.6 Å². The fourth-order valence-electron chi connectivity index (χ4n) is 2.40. The summed E-state index contributed by atoms with van der Waals surface area (Å²) < 4.78 is 5.34. The van der Waals surface area contributed by atoms with Gasteiger partial charge in [0, 0.05) is 32.0 Å². The molecular formula is C14H24NO. The lowest BCUT2D eigenvalue weighted by molar-refractivity contribution is 0.108. The van der Waals surface area contributed by atoms with Crippen molar-refractivity contribution in [3.8, 4) is 0 Å². The van der Waals surface area contributed by atoms with Gasteiger partial charge in [0.2, 0.25) is 0 Å². The Morgan fingerprint density at radius 2 is 2.12 bits per heavy atom. The van der Waals surface area contributed by atoms with Crippen LogP contribution >= 0.6 is 0 Å². The number of ether oxygens (including phenoxy) is 1. The third kappa shape index (κ3) is 3.60. The van der Waals surface area contributed by atoms with Gasteiger partial charge in [-0.1, -0.05) is 18.6 Å². The maximum absolute atomic E-state index is 5.34. The van der Waals surface area contributed by atoms with E-state index < -0.39 is 0 Å². The Hall–Kier alpha value is -0.340. The lowest BCUT2D eigenvalue weighted by Crippen LogP contribution is -2.34. The highest BCUT2D eigenvalue weighted by molar-refractivity contribution is 5.38. The van der Waals surface area contributed by atoms with Gasteiger partial charge in [0.15, 0.2) is 0 Å². The molecule has 0 spiro atoms. The van der Waals surface area contributed by atoms with E-state index in [1.807, 2.05) is 7.11 Å². The molecular weight excluding hydrogens is 198 g/mol. The molecule has 0 aliphatic heterocycles. The zero-order chi connectivity index (χ0) is 11.4. The number of nitrogens with zero attached hydrogens (tertiary/aromatic N) is 1. The molecule has 2 aliphatic carbocycles. The summed E-state index contributed by atoms with van der Waals surface area (Å²) in [6.45, 7) is 6.91. The highest BCUT2D eigenvalue weighted by Gasteiger charge is 2.43. The van der Waals surface area contributed by atoms with E-state index in [0.717, 1.165) is 6.61 Å². The summed E-state index contributed by atoms with van der Waals surface area (Å²) >= 11 is 0. The number of rotatable bonds is 9. The maximum atomic E-state index is 5.34. The number of hydrogen-bond acceptors (Lipinski definition) is 2. The van der Waals surface area contributed by atoms with Gasteiger partial charge in [0.05, 0.1) is 6.61 Å². The van der Waals surface area contributed by atoms with Crippen molar-refractivity contribution in [2.45, 2.75) is 32.6 Å². The van der Waals surface area contributed by atoms with Crippen molar-refractivity contribution in [1.29, 1.82) is 0 Å². The average molecular weight is 222 g/mol. The Kier molecular flexibility index (Phi) is 4.04. The summed E-state index contributed by atoms with van der Waals surface area (Å²) in [5, 5.41) is 0. The van der Waals surface area contributed by atoms with Crippen LogP contribution in [-0.4, -0.2) is 38.3 Å². The standard InChI is InChI=1S/C14H24NO/c1-3-9-15(10-6-13-4-5-13)11-14(7-8-14)12-16-2/h4-5H,3,6-12H2,1-2H3. The maximum Gasteiger partial charge on any atom is 0.0530 e. The Labute approximate surface area is 99.7 Å². The second kappa shape index (κ2) is 5.33. The molecule has 0 amide bonds. The molecule has 91 valence electrons. The largest absolute Gasteiger partial charge is 0.384 e. The summed E-state index contributed by atoms with van der Waals surface area (Å²) in [5.41, 5.74) is 2.05. The minimum Gasteiger partial charge on any atom is -0.384 e. The second-order valence-corrected chi connectivity index (χ2v) is 5.37. The zero-order valence-electron chi connectivity index (χ0n) is 10.7. The quantitative estimate of drug-likeness (QED) is 0.594. The molecule has 0 aromatic heterocycles. The Bertz CT molecular complexity index is 255. The third-order valence-electron chi connectivity index (χ3n) is 3.63. The Balaban J connectivity index is 1.74. The summed E-state index contributed by atoms with van der Waals surface area (Å²) in [4.78, 5) is 2.62. The van der Waals surface area contributed by atoms with Crippen molar-refractivity contribution in [2.75, 3.05) is 33.4 Å². The predicted molar refractivity (Wildman–Crippen MR) is 67.3 cm³/mol. The van der Waals surface area contributed by atoms with E-state index in [4.69, 9.17) is 4.74 Å². The van der Waals surface area contributed by atoms with Gasteiger partial charge in [-0.05, 0) is 32.2 Å². The molecule has 0 N–H and O–H groups in total. The molecule has 0 atom stereocenters. The predicted octanol–water partition coefficient (Wildman–Crippen LogP) is 2.66. The lowest BCUT2D eigenvalue weighted by atomic mass is 10.1. The molecule has 2 heteroatoms. The first-order valence-electron chi connectivity index (χ1n) is 6.53. The highest BCUT2D eigenvalue weighted by Crippen LogP contribution is 2.46. The first-order valence-corrected chi connectivity index (χ1v) is 6.53. The molecule has 2 rings (SSSR count). The van der Waals surface area contributed by atoms with Gasteiger partial charge in [-0.15, -0.1) is 0 Å². The van der Waals surface area contributed by atoms with Crippen LogP contribution < -0.4 is 0 Å². The van der Waals surface area contributed by atoms with E-state index in [1.165, 1.54) is 50.9 Å². The molecule has 2 aliphatic rings. The molecule has 0 bridgehead atoms. The van der Waals surface area contributed by atoms with Crippen LogP contribution in [0.15, 0.2) is 11.6 Å². The first-order chi connectivity index (χ1) is 7.78. The number of allylic oxidation sites excluding steroid dienone is 1. The molecule has 1 radical (unpaired) electrons. The highest BCUT2D eigenvalue weighted by atomic mass is 16.5. The van der Waals surface area contributed by atoms with Crippen molar-refractivity contribution < 1.29 is 4.74 Å². The average Bonchev–Trinajstić information content (AvgIpc) is 3.11. The number of methoxy groups -OCH3 is 1. The van der Waals surface area contributed by atoms with E-state index >= 15 is 0 Å². The second-order valence-electron chi connectivity index (χ2n) is 5.37. The van der Waals surface area contributed by atoms with E-state index in [1.54, 1.807) is 0 Å². The zero-order valence-corrected chi connectivity index (χ0v) is 10.7. The van der Waals surface area contributed by atoms with Crippen LogP contribution in [0.3, 0.4) is 0 Å². The van der Waals surface area contributed by atoms with Crippen molar-refractivity contribution in [1.82, 2.24) is 4.90 Å². The van der Waals surface area contributed by atoms with Gasteiger partial charge in [0.1, 0.15) is 0 Å². The molecule has 2 nitrogen and oxygen atoms in total. The van der Waals surface area contributed by atoms with Crippen LogP contribution in [-0.2, 0) is 4.74 Å². The molecule has 16 heavy (non-hydrogen) atoms. The van der Waals surface area contributed by atoms with E-state index in [0.29, 0.717) is 5.41 Å². The molecule has 0 unspecified atom stereocenters. The van der Waals surface area contributed by atoms with Crippen molar-refractivity contribution in [3.63, 3.8) is 0 Å². The molecule has 0 aromatic rings. The summed E-state index contributed by atoms with van der Waals surface area (Å²) in [5.74, 6) is 0. The SMILES string of the molecule is CCCN(CCC1=C[CH]1)CC1(COC)CC1. The lowest BCUT2D eigenvalue weighted by Gasteiger charge is -2.26. The first kappa shape index (κ1) is 12.1. The fraction of sp³-hybridized carbons (Fsp3) is 0.786. The molecule has 0 heterocycles. The molecule has 1 saturated carbocycles. The van der Waals surface area contributed by atoms with Gasteiger partial charge < -0.3 is 9.64 Å². The van der Waals surface area contributed by atoms with Gasteiger partial charge in [-0.3, -0.25) is 0 Å². The van der Waals surface area contributed by atoms with Crippen LogP contribution in [0.4, 0.5) is 0 Å². The normalized spacial score (nSPS) is 21.1. The van der Waals surface area contributed by atoms with Gasteiger partial charge in [0.25, 0.3) is 0 Å². The van der Waals surface area contributed by atoms with Gasteiger partial charge in [-0.25, -0.2) is 0 Å².